The van der Waals surface area contributed by atoms with Gasteiger partial charge < -0.3 is 24.6 Å². The second-order valence-corrected chi connectivity index (χ2v) is 6.30. The zero-order chi connectivity index (χ0) is 14.9. The average Bonchev–Trinajstić information content (AvgIpc) is 2.67. The van der Waals surface area contributed by atoms with Gasteiger partial charge in [-0.3, -0.25) is 9.09 Å². The number of H-pyrrole nitrogens is 1. The quantitative estimate of drug-likeness (QED) is 0.474. The van der Waals surface area contributed by atoms with Crippen LogP contribution in [0.5, 0.6) is 0 Å². The van der Waals surface area contributed by atoms with Crippen molar-refractivity contribution in [1.82, 2.24) is 9.55 Å². The number of phosphoric ester groups is 1. The minimum absolute atomic E-state index is 0.230. The fourth-order valence-electron chi connectivity index (χ4n) is 1.86. The van der Waals surface area contributed by atoms with E-state index in [9.17, 15) is 9.67 Å². The van der Waals surface area contributed by atoms with Gasteiger partial charge in [-0.05, 0) is 18.3 Å². The number of hydrogen-bond donors (Lipinski definition) is 4. The molecule has 0 bridgehead atoms. The van der Waals surface area contributed by atoms with Crippen molar-refractivity contribution < 1.29 is 28.7 Å². The number of nitrogens with one attached hydrogen (secondary N) is 1. The lowest BCUT2D eigenvalue weighted by Crippen LogP contribution is -2.25. The van der Waals surface area contributed by atoms with Crippen LogP contribution in [0.25, 0.3) is 0 Å². The first kappa shape index (κ1) is 15.9. The molecule has 2 rings (SSSR count). The van der Waals surface area contributed by atoms with E-state index in [0.717, 1.165) is 0 Å². The highest BCUT2D eigenvalue weighted by Crippen LogP contribution is 2.38. The van der Waals surface area contributed by atoms with Crippen molar-refractivity contribution in [3.8, 4) is 0 Å². The van der Waals surface area contributed by atoms with E-state index >= 15 is 0 Å². The molecule has 3 atom stereocenters. The molecule has 0 saturated carbocycles. The summed E-state index contributed by atoms with van der Waals surface area (Å²) in [6.45, 7) is -0.405. The Kier molecular flexibility index (Phi) is 4.88. The number of rotatable bonds is 4. The van der Waals surface area contributed by atoms with Crippen LogP contribution in [0.3, 0.4) is 0 Å². The molecule has 0 spiro atoms. The lowest BCUT2D eigenvalue weighted by Gasteiger charge is -2.17. The van der Waals surface area contributed by atoms with Crippen LogP contribution in [0.15, 0.2) is 12.3 Å². The predicted octanol–water partition coefficient (Wildman–Crippen LogP) is 1.03. The number of aromatic amines is 1. The molecule has 1 saturated heterocycles. The Morgan fingerprint density at radius 2 is 2.25 bits per heavy atom. The van der Waals surface area contributed by atoms with Crippen LogP contribution in [0, 0.1) is 9.41 Å². The van der Waals surface area contributed by atoms with Gasteiger partial charge in [-0.25, -0.2) is 4.57 Å². The molecule has 1 aliphatic heterocycles. The number of nitrogens with zero attached hydrogens (tertiary/aromatic N) is 1. The standard InChI is InChI=1S/C9H13N2O6PS2/c12-5-3-8(11-2-1-7(19)10-9(11)20)17-6(5)4-16-18(13,14)15/h1-2,5-6,8,12H,3-4H2,(H,10,19,20)(H2,13,14,15)/t5-,6+,8+/m0/s1. The van der Waals surface area contributed by atoms with Gasteiger partial charge in [-0.15, -0.1) is 0 Å². The molecule has 0 unspecified atom stereocenters. The Hall–Kier alpha value is -0.450. The minimum atomic E-state index is -4.59. The number of aliphatic hydroxyl groups excluding tert-OH is 1. The number of hydrogen-bond acceptors (Lipinski definition) is 6. The zero-order valence-corrected chi connectivity index (χ0v) is 12.6. The van der Waals surface area contributed by atoms with Crippen molar-refractivity contribution >= 4 is 32.3 Å². The van der Waals surface area contributed by atoms with Gasteiger partial charge >= 0.3 is 7.82 Å². The molecule has 1 aliphatic rings. The molecule has 0 aromatic carbocycles. The molecule has 0 radical (unpaired) electrons. The monoisotopic (exact) mass is 340 g/mol. The van der Waals surface area contributed by atoms with E-state index in [-0.39, 0.29) is 6.42 Å². The van der Waals surface area contributed by atoms with E-state index in [2.05, 4.69) is 9.51 Å². The van der Waals surface area contributed by atoms with Crippen molar-refractivity contribution in [3.05, 3.63) is 21.7 Å². The molecular weight excluding hydrogens is 327 g/mol. The molecule has 1 fully saturated rings. The Morgan fingerprint density at radius 3 is 2.85 bits per heavy atom. The van der Waals surface area contributed by atoms with E-state index in [4.69, 9.17) is 39.0 Å². The summed E-state index contributed by atoms with van der Waals surface area (Å²) in [5, 5.41) is 9.83. The lowest BCUT2D eigenvalue weighted by molar-refractivity contribution is -0.0444. The van der Waals surface area contributed by atoms with Gasteiger partial charge in [-0.2, -0.15) is 0 Å². The highest BCUT2D eigenvalue weighted by molar-refractivity contribution is 7.72. The normalized spacial score (nSPS) is 26.9. The smallest absolute Gasteiger partial charge is 0.390 e. The first-order valence-corrected chi connectivity index (χ1v) is 7.96. The van der Waals surface area contributed by atoms with Crippen LogP contribution in [-0.4, -0.2) is 43.3 Å². The van der Waals surface area contributed by atoms with Crippen molar-refractivity contribution in [2.24, 2.45) is 0 Å². The van der Waals surface area contributed by atoms with Gasteiger partial charge in [-0.1, -0.05) is 12.2 Å². The Morgan fingerprint density at radius 1 is 1.55 bits per heavy atom. The first-order chi connectivity index (χ1) is 9.26. The number of aromatic nitrogens is 2. The van der Waals surface area contributed by atoms with Crippen LogP contribution in [0.4, 0.5) is 0 Å². The van der Waals surface area contributed by atoms with Gasteiger partial charge in [0.1, 0.15) is 17.0 Å². The first-order valence-electron chi connectivity index (χ1n) is 5.61. The summed E-state index contributed by atoms with van der Waals surface area (Å²) in [4.78, 5) is 20.0. The third-order valence-electron chi connectivity index (χ3n) is 2.77. The van der Waals surface area contributed by atoms with E-state index < -0.39 is 32.9 Å². The summed E-state index contributed by atoms with van der Waals surface area (Å²) in [6, 6.07) is 1.63. The molecule has 8 nitrogen and oxygen atoms in total. The van der Waals surface area contributed by atoms with E-state index in [1.54, 1.807) is 16.8 Å². The van der Waals surface area contributed by atoms with Gasteiger partial charge in [0.15, 0.2) is 4.77 Å². The number of phosphoric acid groups is 1. The maximum atomic E-state index is 10.6. The summed E-state index contributed by atoms with van der Waals surface area (Å²) >= 11 is 10.0. The van der Waals surface area contributed by atoms with Gasteiger partial charge in [0.25, 0.3) is 0 Å². The fourth-order valence-corrected chi connectivity index (χ4v) is 2.71. The molecule has 2 heterocycles. The van der Waals surface area contributed by atoms with Crippen LogP contribution in [0.2, 0.25) is 0 Å². The third kappa shape index (κ3) is 4.03. The van der Waals surface area contributed by atoms with Crippen molar-refractivity contribution in [3.63, 3.8) is 0 Å². The molecule has 20 heavy (non-hydrogen) atoms. The average molecular weight is 340 g/mol. The second-order valence-electron chi connectivity index (χ2n) is 4.24. The van der Waals surface area contributed by atoms with Crippen LogP contribution >= 0.6 is 32.3 Å². The van der Waals surface area contributed by atoms with Gasteiger partial charge in [0, 0.05) is 12.6 Å². The van der Waals surface area contributed by atoms with Crippen molar-refractivity contribution in [2.75, 3.05) is 6.61 Å². The highest BCUT2D eigenvalue weighted by atomic mass is 32.1. The highest BCUT2D eigenvalue weighted by Gasteiger charge is 2.36. The third-order valence-corrected chi connectivity index (χ3v) is 3.81. The predicted molar refractivity (Wildman–Crippen MR) is 73.0 cm³/mol. The molecule has 0 amide bonds. The van der Waals surface area contributed by atoms with Crippen LogP contribution in [0.1, 0.15) is 12.6 Å². The SMILES string of the molecule is O=P(O)(O)OC[C@H]1O[C@@H](n2ccc(=S)[nH]c2=S)C[C@@H]1O. The molecule has 1 aromatic heterocycles. The summed E-state index contributed by atoms with van der Waals surface area (Å²) < 4.78 is 22.9. The zero-order valence-electron chi connectivity index (χ0n) is 10.1. The Labute approximate surface area is 124 Å². The lowest BCUT2D eigenvalue weighted by atomic mass is 10.2. The Balaban J connectivity index is 2.08. The number of ether oxygens (including phenoxy) is 1. The largest absolute Gasteiger partial charge is 0.469 e. The van der Waals surface area contributed by atoms with E-state index in [1.165, 1.54) is 0 Å². The summed E-state index contributed by atoms with van der Waals surface area (Å²) in [5.41, 5.74) is 0. The molecule has 1 aromatic rings. The van der Waals surface area contributed by atoms with Crippen LogP contribution in [-0.2, 0) is 13.8 Å². The molecule has 4 N–H and O–H groups in total. The van der Waals surface area contributed by atoms with E-state index in [1.807, 2.05) is 0 Å². The maximum Gasteiger partial charge on any atom is 0.469 e. The van der Waals surface area contributed by atoms with Crippen molar-refractivity contribution in [2.45, 2.75) is 24.9 Å². The van der Waals surface area contributed by atoms with Crippen molar-refractivity contribution in [1.29, 1.82) is 0 Å². The van der Waals surface area contributed by atoms with Gasteiger partial charge in [0.2, 0.25) is 0 Å². The molecule has 112 valence electrons. The summed E-state index contributed by atoms with van der Waals surface area (Å²) in [6.07, 6.45) is -0.428. The molecular formula is C9H13N2O6PS2. The van der Waals surface area contributed by atoms with E-state index in [0.29, 0.717) is 9.41 Å². The topological polar surface area (TPSA) is 117 Å². The molecule has 11 heteroatoms. The maximum absolute atomic E-state index is 10.6. The van der Waals surface area contributed by atoms with Crippen LogP contribution < -0.4 is 0 Å². The summed E-state index contributed by atoms with van der Waals surface area (Å²) in [5.74, 6) is 0. The second kappa shape index (κ2) is 6.12. The summed E-state index contributed by atoms with van der Waals surface area (Å²) in [7, 11) is -4.59. The molecule has 0 aliphatic carbocycles. The van der Waals surface area contributed by atoms with Gasteiger partial charge in [0.05, 0.1) is 12.7 Å². The minimum Gasteiger partial charge on any atom is -0.390 e. The number of aliphatic hydroxyl groups is 1. The fraction of sp³-hybridized carbons (Fsp3) is 0.556. The Bertz CT molecular complexity index is 640.